The first-order chi connectivity index (χ1) is 8.74. The maximum absolute atomic E-state index is 4.17. The van der Waals surface area contributed by atoms with Crippen LogP contribution in [0.4, 0.5) is 5.69 Å². The topological polar surface area (TPSA) is 33.1 Å². The van der Waals surface area contributed by atoms with Crippen LogP contribution in [0.1, 0.15) is 5.56 Å². The SMILES string of the molecule is CN(CCNc1ccccc1)Cc1cnn(C)c1. The normalized spacial score (nSPS) is 10.8. The van der Waals surface area contributed by atoms with Gasteiger partial charge in [-0.05, 0) is 19.2 Å². The summed E-state index contributed by atoms with van der Waals surface area (Å²) < 4.78 is 1.84. The second kappa shape index (κ2) is 6.21. The number of rotatable bonds is 6. The average molecular weight is 244 g/mol. The molecule has 0 atom stereocenters. The molecule has 0 radical (unpaired) electrons. The molecule has 0 aliphatic heterocycles. The molecule has 0 aliphatic carbocycles. The number of hydrogen-bond donors (Lipinski definition) is 1. The van der Waals surface area contributed by atoms with Crippen molar-refractivity contribution in [1.82, 2.24) is 14.7 Å². The van der Waals surface area contributed by atoms with Crippen molar-refractivity contribution >= 4 is 5.69 Å². The predicted molar refractivity (Wildman–Crippen MR) is 74.5 cm³/mol. The first-order valence-corrected chi connectivity index (χ1v) is 6.19. The first-order valence-electron chi connectivity index (χ1n) is 6.19. The lowest BCUT2D eigenvalue weighted by Gasteiger charge is -2.16. The number of hydrogen-bond acceptors (Lipinski definition) is 3. The third-order valence-electron chi connectivity index (χ3n) is 2.81. The van der Waals surface area contributed by atoms with Gasteiger partial charge in [-0.2, -0.15) is 5.10 Å². The van der Waals surface area contributed by atoms with Gasteiger partial charge in [0, 0.05) is 44.1 Å². The fourth-order valence-electron chi connectivity index (χ4n) is 1.89. The molecular formula is C14H20N4. The van der Waals surface area contributed by atoms with Crippen LogP contribution in [0.25, 0.3) is 0 Å². The molecule has 0 fully saturated rings. The molecule has 0 saturated heterocycles. The van der Waals surface area contributed by atoms with Gasteiger partial charge >= 0.3 is 0 Å². The number of likely N-dealkylation sites (N-methyl/N-ethyl adjacent to an activating group) is 1. The van der Waals surface area contributed by atoms with E-state index in [1.165, 1.54) is 11.3 Å². The van der Waals surface area contributed by atoms with Gasteiger partial charge in [0.05, 0.1) is 6.20 Å². The Bertz CT molecular complexity index is 464. The molecule has 0 unspecified atom stereocenters. The van der Waals surface area contributed by atoms with Crippen LogP contribution in [0, 0.1) is 0 Å². The molecule has 1 aromatic heterocycles. The minimum absolute atomic E-state index is 0.935. The van der Waals surface area contributed by atoms with Gasteiger partial charge in [-0.15, -0.1) is 0 Å². The van der Waals surface area contributed by atoms with E-state index in [4.69, 9.17) is 0 Å². The summed E-state index contributed by atoms with van der Waals surface area (Å²) in [7, 11) is 4.07. The molecule has 1 N–H and O–H groups in total. The van der Waals surface area contributed by atoms with Crippen LogP contribution < -0.4 is 5.32 Å². The number of aromatic nitrogens is 2. The van der Waals surface area contributed by atoms with Crippen molar-refractivity contribution < 1.29 is 0 Å². The Morgan fingerprint density at radius 3 is 2.72 bits per heavy atom. The molecule has 0 spiro atoms. The summed E-state index contributed by atoms with van der Waals surface area (Å²) in [5, 5.41) is 7.58. The maximum atomic E-state index is 4.17. The number of anilines is 1. The monoisotopic (exact) mass is 244 g/mol. The summed E-state index contributed by atoms with van der Waals surface area (Å²) in [6.07, 6.45) is 3.97. The fraction of sp³-hybridized carbons (Fsp3) is 0.357. The molecule has 2 aromatic rings. The van der Waals surface area contributed by atoms with Crippen LogP contribution in [0.2, 0.25) is 0 Å². The number of nitrogens with one attached hydrogen (secondary N) is 1. The summed E-state index contributed by atoms with van der Waals surface area (Å²) in [5.41, 5.74) is 2.42. The molecule has 0 aliphatic rings. The number of nitrogens with zero attached hydrogens (tertiary/aromatic N) is 3. The Balaban J connectivity index is 1.70. The maximum Gasteiger partial charge on any atom is 0.0534 e. The number of para-hydroxylation sites is 1. The van der Waals surface area contributed by atoms with E-state index in [2.05, 4.69) is 40.7 Å². The van der Waals surface area contributed by atoms with E-state index in [0.29, 0.717) is 0 Å². The zero-order chi connectivity index (χ0) is 12.8. The molecule has 0 amide bonds. The van der Waals surface area contributed by atoms with Crippen molar-refractivity contribution in [3.8, 4) is 0 Å². The third kappa shape index (κ3) is 3.89. The van der Waals surface area contributed by atoms with Gasteiger partial charge in [-0.1, -0.05) is 18.2 Å². The van der Waals surface area contributed by atoms with E-state index in [-0.39, 0.29) is 0 Å². The minimum atomic E-state index is 0.935. The van der Waals surface area contributed by atoms with Crippen molar-refractivity contribution in [2.24, 2.45) is 7.05 Å². The van der Waals surface area contributed by atoms with E-state index in [0.717, 1.165) is 19.6 Å². The van der Waals surface area contributed by atoms with Gasteiger partial charge in [0.15, 0.2) is 0 Å². The van der Waals surface area contributed by atoms with E-state index in [1.807, 2.05) is 36.1 Å². The van der Waals surface area contributed by atoms with Crippen LogP contribution in [-0.2, 0) is 13.6 Å². The van der Waals surface area contributed by atoms with Crippen LogP contribution in [-0.4, -0.2) is 34.8 Å². The standard InChI is InChI=1S/C14H20N4/c1-17(11-13-10-16-18(2)12-13)9-8-15-14-6-4-3-5-7-14/h3-7,10,12,15H,8-9,11H2,1-2H3. The van der Waals surface area contributed by atoms with Crippen LogP contribution in [0.3, 0.4) is 0 Å². The van der Waals surface area contributed by atoms with Crippen molar-refractivity contribution in [2.75, 3.05) is 25.5 Å². The second-order valence-corrected chi connectivity index (χ2v) is 4.55. The Labute approximate surface area is 108 Å². The van der Waals surface area contributed by atoms with Crippen molar-refractivity contribution in [3.63, 3.8) is 0 Å². The second-order valence-electron chi connectivity index (χ2n) is 4.55. The summed E-state index contributed by atoms with van der Waals surface area (Å²) in [6.45, 7) is 2.88. The number of aryl methyl sites for hydroxylation is 1. The highest BCUT2D eigenvalue weighted by atomic mass is 15.2. The third-order valence-corrected chi connectivity index (χ3v) is 2.81. The molecule has 2 rings (SSSR count). The lowest BCUT2D eigenvalue weighted by atomic mass is 10.3. The molecule has 18 heavy (non-hydrogen) atoms. The Kier molecular flexibility index (Phi) is 4.36. The number of benzene rings is 1. The average Bonchev–Trinajstić information content (AvgIpc) is 2.76. The van der Waals surface area contributed by atoms with Crippen molar-refractivity contribution in [1.29, 1.82) is 0 Å². The molecule has 1 heterocycles. The predicted octanol–water partition coefficient (Wildman–Crippen LogP) is 1.96. The first kappa shape index (κ1) is 12.6. The molecule has 4 heteroatoms. The Morgan fingerprint density at radius 1 is 1.28 bits per heavy atom. The van der Waals surface area contributed by atoms with Gasteiger partial charge in [-0.3, -0.25) is 4.68 Å². The zero-order valence-electron chi connectivity index (χ0n) is 11.0. The van der Waals surface area contributed by atoms with Crippen molar-refractivity contribution in [3.05, 3.63) is 48.3 Å². The summed E-state index contributed by atoms with van der Waals surface area (Å²) >= 11 is 0. The lowest BCUT2D eigenvalue weighted by molar-refractivity contribution is 0.340. The van der Waals surface area contributed by atoms with E-state index < -0.39 is 0 Å². The molecule has 4 nitrogen and oxygen atoms in total. The summed E-state index contributed by atoms with van der Waals surface area (Å²) in [6, 6.07) is 10.3. The van der Waals surface area contributed by atoms with Crippen LogP contribution in [0.5, 0.6) is 0 Å². The largest absolute Gasteiger partial charge is 0.384 e. The van der Waals surface area contributed by atoms with Gasteiger partial charge < -0.3 is 10.2 Å². The quantitative estimate of drug-likeness (QED) is 0.843. The minimum Gasteiger partial charge on any atom is -0.384 e. The molecule has 0 saturated carbocycles. The van der Waals surface area contributed by atoms with Gasteiger partial charge in [-0.25, -0.2) is 0 Å². The highest BCUT2D eigenvalue weighted by Gasteiger charge is 2.01. The molecule has 1 aromatic carbocycles. The molecule has 0 bridgehead atoms. The highest BCUT2D eigenvalue weighted by Crippen LogP contribution is 2.05. The van der Waals surface area contributed by atoms with Gasteiger partial charge in [0.2, 0.25) is 0 Å². The smallest absolute Gasteiger partial charge is 0.0534 e. The van der Waals surface area contributed by atoms with E-state index >= 15 is 0 Å². The zero-order valence-corrected chi connectivity index (χ0v) is 11.0. The van der Waals surface area contributed by atoms with Crippen LogP contribution >= 0.6 is 0 Å². The Hall–Kier alpha value is -1.81. The molecule has 96 valence electrons. The fourth-order valence-corrected chi connectivity index (χ4v) is 1.89. The van der Waals surface area contributed by atoms with Gasteiger partial charge in [0.25, 0.3) is 0 Å². The summed E-state index contributed by atoms with van der Waals surface area (Å²) in [5.74, 6) is 0. The molecular weight excluding hydrogens is 224 g/mol. The van der Waals surface area contributed by atoms with Crippen LogP contribution in [0.15, 0.2) is 42.7 Å². The Morgan fingerprint density at radius 2 is 2.06 bits per heavy atom. The van der Waals surface area contributed by atoms with E-state index in [9.17, 15) is 0 Å². The summed E-state index contributed by atoms with van der Waals surface area (Å²) in [4.78, 5) is 2.28. The van der Waals surface area contributed by atoms with Crippen molar-refractivity contribution in [2.45, 2.75) is 6.54 Å². The van der Waals surface area contributed by atoms with E-state index in [1.54, 1.807) is 0 Å². The van der Waals surface area contributed by atoms with Gasteiger partial charge in [0.1, 0.15) is 0 Å². The lowest BCUT2D eigenvalue weighted by Crippen LogP contribution is -2.24. The highest BCUT2D eigenvalue weighted by molar-refractivity contribution is 5.42.